The first-order chi connectivity index (χ1) is 10.8. The molecule has 0 spiro atoms. The number of fused-ring (bicyclic) bond motifs is 1. The number of nitrogens with zero attached hydrogens (tertiary/aromatic N) is 1. The highest BCUT2D eigenvalue weighted by Crippen LogP contribution is 2.22. The van der Waals surface area contributed by atoms with Crippen LogP contribution in [0.5, 0.6) is 0 Å². The molecule has 22 heavy (non-hydrogen) atoms. The third kappa shape index (κ3) is 2.87. The molecule has 1 heterocycles. The molecule has 3 aromatic rings. The van der Waals surface area contributed by atoms with Crippen LogP contribution in [-0.2, 0) is 6.54 Å². The summed E-state index contributed by atoms with van der Waals surface area (Å²) in [4.78, 5) is 12.2. The second-order valence-electron chi connectivity index (χ2n) is 5.15. The van der Waals surface area contributed by atoms with Gasteiger partial charge in [-0.05, 0) is 11.6 Å². The van der Waals surface area contributed by atoms with Gasteiger partial charge in [-0.25, -0.2) is 0 Å². The Hall–Kier alpha value is -2.59. The Bertz CT molecular complexity index is 778. The first-order valence-electron chi connectivity index (χ1n) is 7.30. The highest BCUT2D eigenvalue weighted by molar-refractivity contribution is 6.07. The lowest BCUT2D eigenvalue weighted by Crippen LogP contribution is -2.26. The maximum absolute atomic E-state index is 12.2. The minimum absolute atomic E-state index is 0.0611. The van der Waals surface area contributed by atoms with Crippen LogP contribution in [0.25, 0.3) is 10.9 Å². The van der Waals surface area contributed by atoms with Crippen LogP contribution in [0.2, 0.25) is 0 Å². The molecule has 2 N–H and O–H groups in total. The van der Waals surface area contributed by atoms with Gasteiger partial charge < -0.3 is 15.0 Å². The zero-order valence-electron chi connectivity index (χ0n) is 12.2. The largest absolute Gasteiger partial charge is 0.395 e. The standard InChI is InChI=1S/C18H18N2O2/c21-11-10-19-18(22)16-13-20(12-14-6-2-1-3-7-14)17-9-5-4-8-15(16)17/h1-9,13,21H,10-12H2,(H,19,22). The van der Waals surface area contributed by atoms with Crippen molar-refractivity contribution >= 4 is 16.8 Å². The third-order valence-electron chi connectivity index (χ3n) is 3.63. The maximum atomic E-state index is 12.2. The molecule has 0 atom stereocenters. The Kier molecular flexibility index (Phi) is 4.21. The number of hydrogen-bond acceptors (Lipinski definition) is 2. The number of amides is 1. The number of aromatic nitrogens is 1. The van der Waals surface area contributed by atoms with Crippen LogP contribution in [0.4, 0.5) is 0 Å². The van der Waals surface area contributed by atoms with E-state index in [1.165, 1.54) is 5.56 Å². The van der Waals surface area contributed by atoms with Gasteiger partial charge in [-0.15, -0.1) is 0 Å². The van der Waals surface area contributed by atoms with Gasteiger partial charge in [-0.2, -0.15) is 0 Å². The van der Waals surface area contributed by atoms with Crippen LogP contribution >= 0.6 is 0 Å². The lowest BCUT2D eigenvalue weighted by atomic mass is 10.1. The fourth-order valence-electron chi connectivity index (χ4n) is 2.60. The second kappa shape index (κ2) is 6.45. The topological polar surface area (TPSA) is 54.3 Å². The van der Waals surface area contributed by atoms with E-state index in [9.17, 15) is 4.79 Å². The summed E-state index contributed by atoms with van der Waals surface area (Å²) < 4.78 is 2.08. The van der Waals surface area contributed by atoms with E-state index in [0.29, 0.717) is 12.1 Å². The van der Waals surface area contributed by atoms with Gasteiger partial charge >= 0.3 is 0 Å². The number of benzene rings is 2. The molecule has 0 aliphatic heterocycles. The van der Waals surface area contributed by atoms with Crippen molar-refractivity contribution in [2.45, 2.75) is 6.54 Å². The molecule has 0 unspecified atom stereocenters. The van der Waals surface area contributed by atoms with Gasteiger partial charge in [0, 0.05) is 30.2 Å². The first-order valence-corrected chi connectivity index (χ1v) is 7.30. The van der Waals surface area contributed by atoms with Crippen molar-refractivity contribution in [2.24, 2.45) is 0 Å². The van der Waals surface area contributed by atoms with Crippen molar-refractivity contribution in [1.82, 2.24) is 9.88 Å². The molecule has 0 bridgehead atoms. The number of nitrogens with one attached hydrogen (secondary N) is 1. The lowest BCUT2D eigenvalue weighted by Gasteiger charge is -2.05. The summed E-state index contributed by atoms with van der Waals surface area (Å²) in [5, 5.41) is 12.5. The number of aliphatic hydroxyl groups is 1. The maximum Gasteiger partial charge on any atom is 0.253 e. The van der Waals surface area contributed by atoms with E-state index in [-0.39, 0.29) is 19.1 Å². The molecule has 0 fully saturated rings. The average Bonchev–Trinajstić information content (AvgIpc) is 2.93. The Morgan fingerprint density at radius 3 is 2.55 bits per heavy atom. The van der Waals surface area contributed by atoms with Crippen LogP contribution in [0.3, 0.4) is 0 Å². The average molecular weight is 294 g/mol. The van der Waals surface area contributed by atoms with Gasteiger partial charge in [0.2, 0.25) is 0 Å². The van der Waals surface area contributed by atoms with E-state index in [4.69, 9.17) is 5.11 Å². The molecule has 1 amide bonds. The molecule has 3 rings (SSSR count). The zero-order chi connectivity index (χ0) is 15.4. The van der Waals surface area contributed by atoms with Gasteiger partial charge in [0.05, 0.1) is 12.2 Å². The van der Waals surface area contributed by atoms with Crippen LogP contribution in [-0.4, -0.2) is 28.7 Å². The van der Waals surface area contributed by atoms with E-state index in [1.54, 1.807) is 0 Å². The summed E-state index contributed by atoms with van der Waals surface area (Å²) in [6, 6.07) is 18.0. The quantitative estimate of drug-likeness (QED) is 0.759. The van der Waals surface area contributed by atoms with Crippen LogP contribution in [0.15, 0.2) is 60.8 Å². The number of carbonyl (C=O) groups is 1. The summed E-state index contributed by atoms with van der Waals surface area (Å²) in [6.07, 6.45) is 1.88. The normalized spacial score (nSPS) is 10.8. The fraction of sp³-hybridized carbons (Fsp3) is 0.167. The molecule has 112 valence electrons. The molecule has 0 saturated heterocycles. The van der Waals surface area contributed by atoms with Gasteiger partial charge in [0.15, 0.2) is 0 Å². The lowest BCUT2D eigenvalue weighted by molar-refractivity contribution is 0.0946. The highest BCUT2D eigenvalue weighted by atomic mass is 16.3. The van der Waals surface area contributed by atoms with Crippen molar-refractivity contribution in [3.63, 3.8) is 0 Å². The minimum Gasteiger partial charge on any atom is -0.395 e. The Balaban J connectivity index is 1.99. The van der Waals surface area contributed by atoms with E-state index >= 15 is 0 Å². The molecule has 0 radical (unpaired) electrons. The first kappa shape index (κ1) is 14.4. The van der Waals surface area contributed by atoms with Crippen LogP contribution < -0.4 is 5.32 Å². The summed E-state index contributed by atoms with van der Waals surface area (Å²) >= 11 is 0. The van der Waals surface area contributed by atoms with Gasteiger partial charge in [-0.1, -0.05) is 48.5 Å². The molecule has 0 aliphatic carbocycles. The van der Waals surface area contributed by atoms with Crippen molar-refractivity contribution in [3.05, 3.63) is 71.9 Å². The van der Waals surface area contributed by atoms with Gasteiger partial charge in [0.25, 0.3) is 5.91 Å². The second-order valence-corrected chi connectivity index (χ2v) is 5.15. The number of hydrogen-bond donors (Lipinski definition) is 2. The molecular formula is C18H18N2O2. The Morgan fingerprint density at radius 1 is 1.05 bits per heavy atom. The molecule has 2 aromatic carbocycles. The minimum atomic E-state index is -0.155. The number of rotatable bonds is 5. The number of carbonyl (C=O) groups excluding carboxylic acids is 1. The Morgan fingerprint density at radius 2 is 1.77 bits per heavy atom. The third-order valence-corrected chi connectivity index (χ3v) is 3.63. The van der Waals surface area contributed by atoms with Gasteiger partial charge in [0.1, 0.15) is 0 Å². The van der Waals surface area contributed by atoms with Crippen LogP contribution in [0, 0.1) is 0 Å². The summed E-state index contributed by atoms with van der Waals surface area (Å²) in [6.45, 7) is 0.917. The predicted octanol–water partition coefficient (Wildman–Crippen LogP) is 2.41. The van der Waals surface area contributed by atoms with E-state index in [1.807, 2.05) is 48.7 Å². The zero-order valence-corrected chi connectivity index (χ0v) is 12.2. The SMILES string of the molecule is O=C(NCCO)c1cn(Cc2ccccc2)c2ccccc12. The van der Waals surface area contributed by atoms with Crippen molar-refractivity contribution < 1.29 is 9.90 Å². The summed E-state index contributed by atoms with van der Waals surface area (Å²) in [5.41, 5.74) is 2.85. The van der Waals surface area contributed by atoms with Gasteiger partial charge in [-0.3, -0.25) is 4.79 Å². The summed E-state index contributed by atoms with van der Waals surface area (Å²) in [7, 11) is 0. The number of aliphatic hydroxyl groups excluding tert-OH is 1. The molecule has 0 saturated carbocycles. The van der Waals surface area contributed by atoms with E-state index < -0.39 is 0 Å². The predicted molar refractivity (Wildman–Crippen MR) is 86.9 cm³/mol. The molecule has 0 aliphatic rings. The van der Waals surface area contributed by atoms with E-state index in [0.717, 1.165) is 10.9 Å². The Labute approximate surface area is 129 Å². The molecule has 4 heteroatoms. The fourth-order valence-corrected chi connectivity index (χ4v) is 2.60. The number of para-hydroxylation sites is 1. The summed E-state index contributed by atoms with van der Waals surface area (Å²) in [5.74, 6) is -0.155. The van der Waals surface area contributed by atoms with Crippen molar-refractivity contribution in [3.8, 4) is 0 Å². The molecule has 4 nitrogen and oxygen atoms in total. The molecular weight excluding hydrogens is 276 g/mol. The van der Waals surface area contributed by atoms with Crippen molar-refractivity contribution in [2.75, 3.05) is 13.2 Å². The molecule has 1 aromatic heterocycles. The monoisotopic (exact) mass is 294 g/mol. The van der Waals surface area contributed by atoms with Crippen LogP contribution in [0.1, 0.15) is 15.9 Å². The highest BCUT2D eigenvalue weighted by Gasteiger charge is 2.14. The van der Waals surface area contributed by atoms with E-state index in [2.05, 4.69) is 22.0 Å². The van der Waals surface area contributed by atoms with Crippen molar-refractivity contribution in [1.29, 1.82) is 0 Å². The smallest absolute Gasteiger partial charge is 0.253 e.